The molecule has 1 N–H and O–H groups in total. The fourth-order valence-electron chi connectivity index (χ4n) is 3.89. The van der Waals surface area contributed by atoms with Crippen molar-refractivity contribution < 1.29 is 22.7 Å². The van der Waals surface area contributed by atoms with E-state index in [-0.39, 0.29) is 6.04 Å². The summed E-state index contributed by atoms with van der Waals surface area (Å²) in [5.74, 6) is 1.33. The van der Waals surface area contributed by atoms with Crippen molar-refractivity contribution in [2.24, 2.45) is 11.8 Å². The Kier molecular flexibility index (Phi) is 5.51. The number of nitrogens with one attached hydrogen (secondary N) is 1. The molecule has 1 aromatic rings. The second-order valence-corrected chi connectivity index (χ2v) is 10.1. The van der Waals surface area contributed by atoms with Crippen LogP contribution in [0.2, 0.25) is 0 Å². The van der Waals surface area contributed by atoms with Crippen LogP contribution in [-0.4, -0.2) is 50.7 Å². The van der Waals surface area contributed by atoms with Gasteiger partial charge in [0.1, 0.15) is 19.0 Å². The predicted octanol–water partition coefficient (Wildman–Crippen LogP) is 2.09. The van der Waals surface area contributed by atoms with Crippen LogP contribution >= 0.6 is 0 Å². The van der Waals surface area contributed by atoms with Gasteiger partial charge in [0.15, 0.2) is 11.5 Å². The molecule has 0 spiro atoms. The van der Waals surface area contributed by atoms with Crippen LogP contribution in [0.15, 0.2) is 18.2 Å². The van der Waals surface area contributed by atoms with Gasteiger partial charge in [0.25, 0.3) is 0 Å². The van der Waals surface area contributed by atoms with Crippen molar-refractivity contribution in [3.05, 3.63) is 23.8 Å². The van der Waals surface area contributed by atoms with Gasteiger partial charge in [-0.05, 0) is 55.2 Å². The van der Waals surface area contributed by atoms with Gasteiger partial charge in [-0.2, -0.15) is 0 Å². The number of benzene rings is 1. The van der Waals surface area contributed by atoms with Crippen molar-refractivity contribution in [2.75, 3.05) is 32.1 Å². The number of hydrogen-bond donors (Lipinski definition) is 1. The quantitative estimate of drug-likeness (QED) is 0.779. The Hall–Kier alpha value is -1.80. The molecule has 1 atom stereocenters. The number of nitrogens with zero attached hydrogens (tertiary/aromatic N) is 1. The van der Waals surface area contributed by atoms with Gasteiger partial charge in [-0.1, -0.05) is 13.0 Å². The van der Waals surface area contributed by atoms with E-state index in [4.69, 9.17) is 9.47 Å². The maximum atomic E-state index is 12.6. The van der Waals surface area contributed by atoms with E-state index < -0.39 is 21.7 Å². The molecule has 0 bridgehead atoms. The Morgan fingerprint density at radius 3 is 2.50 bits per heavy atom. The molecule has 3 aliphatic rings. The zero-order chi connectivity index (χ0) is 19.7. The molecule has 2 heterocycles. The Balaban J connectivity index is 1.43. The summed E-state index contributed by atoms with van der Waals surface area (Å²) in [5.41, 5.74) is 0.935. The van der Waals surface area contributed by atoms with Gasteiger partial charge in [0.2, 0.25) is 15.9 Å². The van der Waals surface area contributed by atoms with Crippen molar-refractivity contribution in [3.63, 3.8) is 0 Å². The number of carbonyl (C=O) groups excluding carboxylic acids is 1. The zero-order valence-electron chi connectivity index (χ0n) is 16.2. The van der Waals surface area contributed by atoms with Gasteiger partial charge in [-0.15, -0.1) is 0 Å². The molecule has 154 valence electrons. The Bertz CT molecular complexity index is 829. The highest BCUT2D eigenvalue weighted by molar-refractivity contribution is 7.89. The molecule has 1 aliphatic carbocycles. The van der Waals surface area contributed by atoms with Crippen LogP contribution < -0.4 is 14.8 Å². The normalized spacial score (nSPS) is 21.9. The number of piperidine rings is 1. The third kappa shape index (κ3) is 4.43. The molecule has 7 nitrogen and oxygen atoms in total. The summed E-state index contributed by atoms with van der Waals surface area (Å²) in [6, 6.07) is 5.49. The number of rotatable bonds is 6. The molecule has 1 unspecified atom stereocenters. The monoisotopic (exact) mass is 408 g/mol. The number of sulfonamides is 1. The SMILES string of the molecule is CC1CCN(S(=O)(=O)CC(=O)NC(c2ccc3c(c2)OCCO3)C2CC2)CC1. The van der Waals surface area contributed by atoms with E-state index in [0.29, 0.717) is 49.6 Å². The van der Waals surface area contributed by atoms with Crippen molar-refractivity contribution in [1.29, 1.82) is 0 Å². The summed E-state index contributed by atoms with van der Waals surface area (Å²) >= 11 is 0. The van der Waals surface area contributed by atoms with Crippen molar-refractivity contribution in [1.82, 2.24) is 9.62 Å². The second-order valence-electron chi connectivity index (χ2n) is 8.12. The largest absolute Gasteiger partial charge is 0.486 e. The fraction of sp³-hybridized carbons (Fsp3) is 0.650. The van der Waals surface area contributed by atoms with E-state index in [1.807, 2.05) is 18.2 Å². The molecular weight excluding hydrogens is 380 g/mol. The van der Waals surface area contributed by atoms with Crippen LogP contribution in [0.5, 0.6) is 11.5 Å². The van der Waals surface area contributed by atoms with Gasteiger partial charge < -0.3 is 14.8 Å². The molecule has 4 rings (SSSR count). The van der Waals surface area contributed by atoms with E-state index in [1.165, 1.54) is 4.31 Å². The van der Waals surface area contributed by atoms with Gasteiger partial charge in [0.05, 0.1) is 6.04 Å². The summed E-state index contributed by atoms with van der Waals surface area (Å²) in [6.45, 7) is 4.17. The summed E-state index contributed by atoms with van der Waals surface area (Å²) in [5, 5.41) is 2.96. The molecular formula is C20H28N2O5S. The Labute approximate surface area is 166 Å². The van der Waals surface area contributed by atoms with Crippen LogP contribution in [0.1, 0.15) is 44.2 Å². The van der Waals surface area contributed by atoms with Crippen molar-refractivity contribution in [2.45, 2.75) is 38.6 Å². The average molecular weight is 409 g/mol. The van der Waals surface area contributed by atoms with Gasteiger partial charge in [0, 0.05) is 13.1 Å². The lowest BCUT2D eigenvalue weighted by Gasteiger charge is -2.29. The number of carbonyl (C=O) groups is 1. The Morgan fingerprint density at radius 2 is 1.82 bits per heavy atom. The molecule has 0 radical (unpaired) electrons. The third-order valence-corrected chi connectivity index (χ3v) is 7.56. The second kappa shape index (κ2) is 7.91. The smallest absolute Gasteiger partial charge is 0.237 e. The molecule has 28 heavy (non-hydrogen) atoms. The molecule has 8 heteroatoms. The minimum Gasteiger partial charge on any atom is -0.486 e. The van der Waals surface area contributed by atoms with E-state index in [2.05, 4.69) is 12.2 Å². The van der Waals surface area contributed by atoms with Crippen LogP contribution in [0.25, 0.3) is 0 Å². The van der Waals surface area contributed by atoms with E-state index in [1.54, 1.807) is 0 Å². The van der Waals surface area contributed by atoms with E-state index in [0.717, 1.165) is 31.2 Å². The summed E-state index contributed by atoms with van der Waals surface area (Å²) < 4.78 is 37.9. The molecule has 2 aliphatic heterocycles. The summed E-state index contributed by atoms with van der Waals surface area (Å²) in [6.07, 6.45) is 3.75. The van der Waals surface area contributed by atoms with Gasteiger partial charge >= 0.3 is 0 Å². The number of hydrogen-bond acceptors (Lipinski definition) is 5. The lowest BCUT2D eigenvalue weighted by molar-refractivity contribution is -0.119. The third-order valence-electron chi connectivity index (χ3n) is 5.78. The first-order valence-electron chi connectivity index (χ1n) is 10.1. The summed E-state index contributed by atoms with van der Waals surface area (Å²) in [4.78, 5) is 12.6. The van der Waals surface area contributed by atoms with Crippen molar-refractivity contribution >= 4 is 15.9 Å². The molecule has 1 amide bonds. The van der Waals surface area contributed by atoms with Crippen LogP contribution in [-0.2, 0) is 14.8 Å². The zero-order valence-corrected chi connectivity index (χ0v) is 17.0. The minimum absolute atomic E-state index is 0.195. The highest BCUT2D eigenvalue weighted by Crippen LogP contribution is 2.43. The molecule has 0 aromatic heterocycles. The van der Waals surface area contributed by atoms with Crippen LogP contribution in [0.4, 0.5) is 0 Å². The van der Waals surface area contributed by atoms with Crippen molar-refractivity contribution in [3.8, 4) is 11.5 Å². The Morgan fingerprint density at radius 1 is 1.14 bits per heavy atom. The van der Waals surface area contributed by atoms with E-state index >= 15 is 0 Å². The first-order valence-corrected chi connectivity index (χ1v) is 11.7. The van der Waals surface area contributed by atoms with Crippen LogP contribution in [0.3, 0.4) is 0 Å². The first kappa shape index (κ1) is 19.5. The fourth-order valence-corrected chi connectivity index (χ4v) is 5.26. The van der Waals surface area contributed by atoms with E-state index in [9.17, 15) is 13.2 Å². The lowest BCUT2D eigenvalue weighted by Crippen LogP contribution is -2.43. The minimum atomic E-state index is -3.58. The molecule has 1 aromatic carbocycles. The topological polar surface area (TPSA) is 84.9 Å². The van der Waals surface area contributed by atoms with Gasteiger partial charge in [-0.3, -0.25) is 4.79 Å². The summed E-state index contributed by atoms with van der Waals surface area (Å²) in [7, 11) is -3.58. The average Bonchev–Trinajstić information content (AvgIpc) is 3.51. The maximum absolute atomic E-state index is 12.6. The number of ether oxygens (including phenoxy) is 2. The molecule has 1 saturated heterocycles. The van der Waals surface area contributed by atoms with Gasteiger partial charge in [-0.25, -0.2) is 12.7 Å². The predicted molar refractivity (Wildman–Crippen MR) is 105 cm³/mol. The lowest BCUT2D eigenvalue weighted by atomic mass is 10.0. The standard InChI is InChI=1S/C20H28N2O5S/c1-14-6-8-22(9-7-14)28(24,25)13-19(23)21-20(15-2-3-15)16-4-5-17-18(12-16)27-11-10-26-17/h4-5,12,14-15,20H,2-3,6-11,13H2,1H3,(H,21,23). The highest BCUT2D eigenvalue weighted by atomic mass is 32.2. The van der Waals surface area contributed by atoms with Crippen LogP contribution in [0, 0.1) is 11.8 Å². The molecule has 2 fully saturated rings. The molecule has 1 saturated carbocycles. The highest BCUT2D eigenvalue weighted by Gasteiger charge is 2.36. The number of amides is 1. The number of fused-ring (bicyclic) bond motifs is 1. The maximum Gasteiger partial charge on any atom is 0.237 e. The first-order chi connectivity index (χ1) is 13.4.